The first kappa shape index (κ1) is 21.9. The van der Waals surface area contributed by atoms with E-state index in [1.54, 1.807) is 13.0 Å². The number of amides is 1. The van der Waals surface area contributed by atoms with E-state index < -0.39 is 17.7 Å². The Labute approximate surface area is 178 Å². The van der Waals surface area contributed by atoms with Crippen molar-refractivity contribution in [1.29, 1.82) is 0 Å². The molecule has 1 aromatic heterocycles. The van der Waals surface area contributed by atoms with Crippen LogP contribution in [0.2, 0.25) is 0 Å². The molecule has 2 aromatic carbocycles. The Kier molecular flexibility index (Phi) is 6.64. The Hall–Kier alpha value is -3.75. The van der Waals surface area contributed by atoms with Crippen molar-refractivity contribution in [3.05, 3.63) is 70.9 Å². The number of halogens is 2. The highest BCUT2D eigenvalue weighted by molar-refractivity contribution is 5.98. The van der Waals surface area contributed by atoms with Gasteiger partial charge in [0.2, 0.25) is 0 Å². The van der Waals surface area contributed by atoms with Crippen LogP contribution < -0.4 is 5.32 Å². The average Bonchev–Trinajstić information content (AvgIpc) is 3.22. The van der Waals surface area contributed by atoms with Gasteiger partial charge in [-0.15, -0.1) is 0 Å². The third-order valence-corrected chi connectivity index (χ3v) is 4.73. The van der Waals surface area contributed by atoms with E-state index in [0.717, 1.165) is 21.4 Å². The van der Waals surface area contributed by atoms with Gasteiger partial charge in [-0.1, -0.05) is 17.3 Å². The van der Waals surface area contributed by atoms with Crippen LogP contribution in [0.1, 0.15) is 23.6 Å². The Morgan fingerprint density at radius 1 is 1.16 bits per heavy atom. The molecule has 9 heteroatoms. The van der Waals surface area contributed by atoms with Crippen LogP contribution in [0.3, 0.4) is 0 Å². The lowest BCUT2D eigenvalue weighted by atomic mass is 10.0. The molecule has 0 bridgehead atoms. The molecule has 0 saturated heterocycles. The molecule has 3 aromatic rings. The van der Waals surface area contributed by atoms with Crippen LogP contribution in [0.5, 0.6) is 0 Å². The largest absolute Gasteiger partial charge is 0.453 e. The van der Waals surface area contributed by atoms with Crippen molar-refractivity contribution < 1.29 is 23.1 Å². The summed E-state index contributed by atoms with van der Waals surface area (Å²) in [5.74, 6) is -1.55. The highest BCUT2D eigenvalue weighted by atomic mass is 19.1. The smallest absolute Gasteiger partial charge is 0.407 e. The normalized spacial score (nSPS) is 11.4. The first-order chi connectivity index (χ1) is 14.8. The van der Waals surface area contributed by atoms with Gasteiger partial charge in [0.25, 0.3) is 0 Å². The monoisotopic (exact) mass is 428 g/mol. The number of nitrogens with zero attached hydrogens (tertiary/aromatic N) is 3. The summed E-state index contributed by atoms with van der Waals surface area (Å²) in [7, 11) is 2.65. The second-order valence-corrected chi connectivity index (χ2v) is 6.78. The number of hydrogen-bond donors (Lipinski definition) is 1. The average molecular weight is 428 g/mol. The predicted octanol–water partition coefficient (Wildman–Crippen LogP) is 4.35. The van der Waals surface area contributed by atoms with Gasteiger partial charge >= 0.3 is 6.09 Å². The number of oxime groups is 1. The van der Waals surface area contributed by atoms with Crippen molar-refractivity contribution in [3.8, 4) is 16.9 Å². The molecule has 0 aliphatic rings. The summed E-state index contributed by atoms with van der Waals surface area (Å²) >= 11 is 0. The topological polar surface area (TPSA) is 77.7 Å². The highest BCUT2D eigenvalue weighted by Gasteiger charge is 2.16. The van der Waals surface area contributed by atoms with Crippen LogP contribution in [0.15, 0.2) is 47.8 Å². The fourth-order valence-electron chi connectivity index (χ4n) is 3.05. The number of methoxy groups -OCH3 is 1. The molecule has 0 aliphatic carbocycles. The maximum atomic E-state index is 14.7. The number of hydrogen-bond acceptors (Lipinski definition) is 5. The maximum Gasteiger partial charge on any atom is 0.407 e. The lowest BCUT2D eigenvalue weighted by Crippen LogP contribution is -2.22. The van der Waals surface area contributed by atoms with E-state index in [1.807, 2.05) is 25.1 Å². The number of nitrogens with one attached hydrogen (secondary N) is 1. The maximum absolute atomic E-state index is 14.7. The summed E-state index contributed by atoms with van der Waals surface area (Å²) < 4.78 is 35.1. The number of aryl methyl sites for hydroxylation is 1. The van der Waals surface area contributed by atoms with E-state index in [4.69, 9.17) is 0 Å². The molecule has 0 unspecified atom stereocenters. The van der Waals surface area contributed by atoms with Gasteiger partial charge in [0.05, 0.1) is 18.5 Å². The fraction of sp³-hybridized carbons (Fsp3) is 0.227. The molecule has 31 heavy (non-hydrogen) atoms. The van der Waals surface area contributed by atoms with Gasteiger partial charge < -0.3 is 14.9 Å². The van der Waals surface area contributed by atoms with E-state index in [0.29, 0.717) is 11.4 Å². The van der Waals surface area contributed by atoms with Crippen molar-refractivity contribution in [1.82, 2.24) is 15.1 Å². The molecule has 1 N–H and O–H groups in total. The van der Waals surface area contributed by atoms with Crippen molar-refractivity contribution in [2.24, 2.45) is 5.16 Å². The van der Waals surface area contributed by atoms with Gasteiger partial charge in [0.1, 0.15) is 12.8 Å². The molecule has 1 amide bonds. The number of aromatic nitrogens is 2. The van der Waals surface area contributed by atoms with E-state index in [1.165, 1.54) is 32.5 Å². The molecular formula is C22H22F2N4O3. The summed E-state index contributed by atoms with van der Waals surface area (Å²) in [6, 6.07) is 9.62. The molecule has 3 rings (SSSR count). The first-order valence-corrected chi connectivity index (χ1v) is 9.39. The third-order valence-electron chi connectivity index (χ3n) is 4.73. The minimum Gasteiger partial charge on any atom is -0.453 e. The highest BCUT2D eigenvalue weighted by Crippen LogP contribution is 2.25. The fourth-order valence-corrected chi connectivity index (χ4v) is 3.05. The first-order valence-electron chi connectivity index (χ1n) is 9.39. The van der Waals surface area contributed by atoms with Gasteiger partial charge in [0.15, 0.2) is 11.6 Å². The van der Waals surface area contributed by atoms with Gasteiger partial charge in [-0.05, 0) is 49.2 Å². The Balaban J connectivity index is 1.92. The number of carbonyl (C=O) groups excluding carboxylic acids is 1. The summed E-state index contributed by atoms with van der Waals surface area (Å²) in [4.78, 5) is 16.0. The predicted molar refractivity (Wildman–Crippen MR) is 112 cm³/mol. The molecule has 0 fully saturated rings. The summed E-state index contributed by atoms with van der Waals surface area (Å²) in [6.07, 6.45) is 0.952. The number of benzene rings is 2. The zero-order chi connectivity index (χ0) is 22.5. The van der Waals surface area contributed by atoms with Crippen molar-refractivity contribution in [2.75, 3.05) is 14.2 Å². The third kappa shape index (κ3) is 4.88. The Morgan fingerprint density at radius 3 is 2.52 bits per heavy atom. The molecule has 0 radical (unpaired) electrons. The number of ether oxygens (including phenoxy) is 1. The molecule has 0 aliphatic heterocycles. The zero-order valence-corrected chi connectivity index (χ0v) is 17.6. The van der Waals surface area contributed by atoms with Crippen LogP contribution >= 0.6 is 0 Å². The molecule has 162 valence electrons. The summed E-state index contributed by atoms with van der Waals surface area (Å²) in [5, 5.41) is 10.7. The number of rotatable bonds is 6. The van der Waals surface area contributed by atoms with Gasteiger partial charge in [-0.25, -0.2) is 18.3 Å². The minimum atomic E-state index is -0.776. The van der Waals surface area contributed by atoms with Crippen molar-refractivity contribution in [2.45, 2.75) is 20.4 Å². The Morgan fingerprint density at radius 2 is 1.87 bits per heavy atom. The standard InChI is InChI=1S/C22H22F2N4O3/c1-13-5-6-15(9-17(13)12-25-22(29)30-3)20-7-8-28(26-20)21-18(23)10-16(11-19(21)24)14(2)27-31-4/h5-11H,12H2,1-4H3,(H,25,29). The molecule has 1 heterocycles. The van der Waals surface area contributed by atoms with Crippen LogP contribution in [-0.4, -0.2) is 35.8 Å². The van der Waals surface area contributed by atoms with Crippen molar-refractivity contribution >= 4 is 11.8 Å². The van der Waals surface area contributed by atoms with Crippen LogP contribution in [-0.2, 0) is 16.1 Å². The summed E-state index contributed by atoms with van der Waals surface area (Å²) in [5.41, 5.74) is 3.44. The van der Waals surface area contributed by atoms with Crippen LogP contribution in [0, 0.1) is 18.6 Å². The summed E-state index contributed by atoms with van der Waals surface area (Å²) in [6.45, 7) is 3.78. The van der Waals surface area contributed by atoms with Crippen LogP contribution in [0.4, 0.5) is 13.6 Å². The number of carbonyl (C=O) groups is 1. The second-order valence-electron chi connectivity index (χ2n) is 6.78. The lowest BCUT2D eigenvalue weighted by molar-refractivity contribution is 0.170. The zero-order valence-electron chi connectivity index (χ0n) is 17.6. The van der Waals surface area contributed by atoms with E-state index in [-0.39, 0.29) is 17.8 Å². The van der Waals surface area contributed by atoms with Gasteiger partial charge in [-0.2, -0.15) is 5.10 Å². The second kappa shape index (κ2) is 9.38. The molecular weight excluding hydrogens is 406 g/mol. The SMILES string of the molecule is CON=C(C)c1cc(F)c(-n2ccc(-c3ccc(C)c(CNC(=O)OC)c3)n2)c(F)c1. The quantitative estimate of drug-likeness (QED) is 0.468. The number of alkyl carbamates (subject to hydrolysis) is 1. The molecule has 0 saturated carbocycles. The lowest BCUT2D eigenvalue weighted by Gasteiger charge is -2.09. The van der Waals surface area contributed by atoms with Crippen LogP contribution in [0.25, 0.3) is 16.9 Å². The van der Waals surface area contributed by atoms with E-state index in [2.05, 4.69) is 25.1 Å². The van der Waals surface area contributed by atoms with Gasteiger partial charge in [0, 0.05) is 23.9 Å². The molecule has 0 spiro atoms. The molecule has 0 atom stereocenters. The Bertz CT molecular complexity index is 1120. The van der Waals surface area contributed by atoms with E-state index in [9.17, 15) is 13.6 Å². The minimum absolute atomic E-state index is 0.272. The van der Waals surface area contributed by atoms with Crippen molar-refractivity contribution in [3.63, 3.8) is 0 Å². The molecule has 7 nitrogen and oxygen atoms in total. The van der Waals surface area contributed by atoms with E-state index >= 15 is 0 Å². The van der Waals surface area contributed by atoms with Gasteiger partial charge in [-0.3, -0.25) is 0 Å².